The molecule has 15 heavy (non-hydrogen) atoms. The third-order valence-corrected chi connectivity index (χ3v) is 2.64. The van der Waals surface area contributed by atoms with E-state index in [1.165, 1.54) is 13.2 Å². The van der Waals surface area contributed by atoms with Gasteiger partial charge >= 0.3 is 5.97 Å². The summed E-state index contributed by atoms with van der Waals surface area (Å²) in [5.41, 5.74) is 0.531. The van der Waals surface area contributed by atoms with Crippen molar-refractivity contribution in [3.8, 4) is 0 Å². The summed E-state index contributed by atoms with van der Waals surface area (Å²) in [7, 11) is 1.26. The van der Waals surface area contributed by atoms with E-state index in [0.717, 1.165) is 0 Å². The smallest absolute Gasteiger partial charge is 0.338 e. The number of rotatable bonds is 2. The first-order chi connectivity index (χ1) is 7.11. The standard InChI is InChI=1S/C9H7BrClNO3/c1-15-9(13)5-3-2-4-6(10)7(5)8(11)12-14/h2-4,14H,1H3. The molecule has 1 aromatic carbocycles. The van der Waals surface area contributed by atoms with Crippen LogP contribution in [0.25, 0.3) is 0 Å². The van der Waals surface area contributed by atoms with Crippen LogP contribution in [-0.2, 0) is 4.74 Å². The van der Waals surface area contributed by atoms with Crippen LogP contribution in [0.3, 0.4) is 0 Å². The quantitative estimate of drug-likeness (QED) is 0.394. The molecular weight excluding hydrogens is 285 g/mol. The number of carbonyl (C=O) groups excluding carboxylic acids is 1. The molecule has 1 aromatic rings. The van der Waals surface area contributed by atoms with E-state index in [-0.39, 0.29) is 10.7 Å². The molecule has 0 bridgehead atoms. The van der Waals surface area contributed by atoms with Gasteiger partial charge in [0.1, 0.15) is 0 Å². The van der Waals surface area contributed by atoms with Crippen LogP contribution < -0.4 is 0 Å². The van der Waals surface area contributed by atoms with E-state index in [9.17, 15) is 4.79 Å². The number of benzene rings is 1. The summed E-state index contributed by atoms with van der Waals surface area (Å²) in [6.07, 6.45) is 0. The molecule has 0 aliphatic heterocycles. The maximum absolute atomic E-state index is 11.4. The third kappa shape index (κ3) is 2.49. The van der Waals surface area contributed by atoms with Crippen LogP contribution in [0.2, 0.25) is 0 Å². The number of ether oxygens (including phenoxy) is 1. The Balaban J connectivity index is 3.39. The zero-order valence-corrected chi connectivity index (χ0v) is 10.0. The Labute approximate surface area is 99.6 Å². The third-order valence-electron chi connectivity index (χ3n) is 1.71. The van der Waals surface area contributed by atoms with Crippen molar-refractivity contribution in [2.24, 2.45) is 5.16 Å². The molecule has 0 saturated heterocycles. The first-order valence-corrected chi connectivity index (χ1v) is 5.03. The molecule has 0 fully saturated rings. The van der Waals surface area contributed by atoms with Crippen LogP contribution in [0.15, 0.2) is 27.8 Å². The van der Waals surface area contributed by atoms with Gasteiger partial charge in [-0.3, -0.25) is 0 Å². The number of nitrogens with zero attached hydrogens (tertiary/aromatic N) is 1. The van der Waals surface area contributed by atoms with Crippen molar-refractivity contribution < 1.29 is 14.7 Å². The Morgan fingerprint density at radius 3 is 2.80 bits per heavy atom. The summed E-state index contributed by atoms with van der Waals surface area (Å²) in [6, 6.07) is 4.86. The van der Waals surface area contributed by atoms with Gasteiger partial charge in [-0.2, -0.15) is 0 Å². The fraction of sp³-hybridized carbons (Fsp3) is 0.111. The molecule has 0 radical (unpaired) electrons. The van der Waals surface area contributed by atoms with E-state index in [4.69, 9.17) is 16.8 Å². The molecule has 4 nitrogen and oxygen atoms in total. The molecule has 0 aliphatic rings. The lowest BCUT2D eigenvalue weighted by molar-refractivity contribution is 0.0600. The van der Waals surface area contributed by atoms with Crippen molar-refractivity contribution in [1.82, 2.24) is 0 Å². The van der Waals surface area contributed by atoms with E-state index in [1.807, 2.05) is 0 Å². The van der Waals surface area contributed by atoms with Crippen molar-refractivity contribution >= 4 is 38.7 Å². The Kier molecular flexibility index (Phi) is 4.11. The summed E-state index contributed by atoms with van der Waals surface area (Å²) < 4.78 is 5.12. The van der Waals surface area contributed by atoms with Gasteiger partial charge in [0.15, 0.2) is 5.17 Å². The predicted octanol–water partition coefficient (Wildman–Crippen LogP) is 2.61. The lowest BCUT2D eigenvalue weighted by atomic mass is 10.1. The Morgan fingerprint density at radius 2 is 2.27 bits per heavy atom. The highest BCUT2D eigenvalue weighted by Crippen LogP contribution is 2.23. The topological polar surface area (TPSA) is 58.9 Å². The molecule has 1 rings (SSSR count). The van der Waals surface area contributed by atoms with E-state index >= 15 is 0 Å². The minimum atomic E-state index is -0.548. The lowest BCUT2D eigenvalue weighted by Gasteiger charge is -2.06. The Bertz CT molecular complexity index is 420. The molecule has 0 amide bonds. The van der Waals surface area contributed by atoms with E-state index in [1.54, 1.807) is 12.1 Å². The highest BCUT2D eigenvalue weighted by atomic mass is 79.9. The zero-order chi connectivity index (χ0) is 11.4. The summed E-state index contributed by atoms with van der Waals surface area (Å²) in [5, 5.41) is 11.2. The highest BCUT2D eigenvalue weighted by Gasteiger charge is 2.17. The fourth-order valence-corrected chi connectivity index (χ4v) is 1.94. The number of oxime groups is 1. The van der Waals surface area contributed by atoms with Gasteiger partial charge in [0.2, 0.25) is 0 Å². The SMILES string of the molecule is COC(=O)c1cccc(Br)c1C(Cl)=NO. The van der Waals surface area contributed by atoms with Crippen molar-refractivity contribution in [3.63, 3.8) is 0 Å². The van der Waals surface area contributed by atoms with Crippen LogP contribution in [0.1, 0.15) is 15.9 Å². The normalized spacial score (nSPS) is 11.3. The number of esters is 1. The van der Waals surface area contributed by atoms with Crippen LogP contribution >= 0.6 is 27.5 Å². The molecular formula is C9H7BrClNO3. The molecule has 80 valence electrons. The van der Waals surface area contributed by atoms with Crippen molar-refractivity contribution in [2.45, 2.75) is 0 Å². The minimum Gasteiger partial charge on any atom is -0.465 e. The molecule has 1 N–H and O–H groups in total. The van der Waals surface area contributed by atoms with E-state index < -0.39 is 5.97 Å². The molecule has 0 saturated carbocycles. The van der Waals surface area contributed by atoms with Gasteiger partial charge in [0.25, 0.3) is 0 Å². The summed E-state index contributed by atoms with van der Waals surface area (Å²) in [6.45, 7) is 0. The van der Waals surface area contributed by atoms with Crippen molar-refractivity contribution in [3.05, 3.63) is 33.8 Å². The second-order valence-electron chi connectivity index (χ2n) is 2.54. The highest BCUT2D eigenvalue weighted by molar-refractivity contribution is 9.10. The second-order valence-corrected chi connectivity index (χ2v) is 3.76. The lowest BCUT2D eigenvalue weighted by Crippen LogP contribution is -2.08. The van der Waals surface area contributed by atoms with E-state index in [0.29, 0.717) is 10.0 Å². The first kappa shape index (κ1) is 12.0. The predicted molar refractivity (Wildman–Crippen MR) is 59.7 cm³/mol. The molecule has 0 atom stereocenters. The number of halogens is 2. The fourth-order valence-electron chi connectivity index (χ4n) is 1.06. The molecule has 0 heterocycles. The van der Waals surface area contributed by atoms with Gasteiger partial charge in [-0.15, -0.1) is 0 Å². The summed E-state index contributed by atoms with van der Waals surface area (Å²) >= 11 is 8.87. The van der Waals surface area contributed by atoms with Crippen LogP contribution in [0.4, 0.5) is 0 Å². The van der Waals surface area contributed by atoms with Gasteiger partial charge in [0, 0.05) is 10.0 Å². The largest absolute Gasteiger partial charge is 0.465 e. The van der Waals surface area contributed by atoms with Gasteiger partial charge < -0.3 is 9.94 Å². The average Bonchev–Trinajstić information content (AvgIpc) is 2.26. The first-order valence-electron chi connectivity index (χ1n) is 3.86. The molecule has 0 aliphatic carbocycles. The number of carbonyl (C=O) groups is 1. The Morgan fingerprint density at radius 1 is 1.60 bits per heavy atom. The average molecular weight is 293 g/mol. The number of methoxy groups -OCH3 is 1. The van der Waals surface area contributed by atoms with Gasteiger partial charge in [-0.05, 0) is 12.1 Å². The van der Waals surface area contributed by atoms with Crippen LogP contribution in [-0.4, -0.2) is 23.5 Å². The minimum absolute atomic E-state index is 0.178. The molecule has 0 spiro atoms. The van der Waals surface area contributed by atoms with Crippen LogP contribution in [0, 0.1) is 0 Å². The number of hydrogen-bond donors (Lipinski definition) is 1. The monoisotopic (exact) mass is 291 g/mol. The van der Waals surface area contributed by atoms with Gasteiger partial charge in [-0.1, -0.05) is 38.8 Å². The molecule has 0 unspecified atom stereocenters. The van der Waals surface area contributed by atoms with E-state index in [2.05, 4.69) is 25.8 Å². The number of hydrogen-bond acceptors (Lipinski definition) is 4. The molecule has 0 aromatic heterocycles. The van der Waals surface area contributed by atoms with Gasteiger partial charge in [0.05, 0.1) is 12.7 Å². The van der Waals surface area contributed by atoms with Crippen molar-refractivity contribution in [2.75, 3.05) is 7.11 Å². The Hall–Kier alpha value is -1.07. The second kappa shape index (κ2) is 5.14. The maximum atomic E-state index is 11.4. The summed E-state index contributed by atoms with van der Waals surface area (Å²) in [4.78, 5) is 11.4. The van der Waals surface area contributed by atoms with Crippen LogP contribution in [0.5, 0.6) is 0 Å². The van der Waals surface area contributed by atoms with Crippen molar-refractivity contribution in [1.29, 1.82) is 0 Å². The molecule has 6 heteroatoms. The zero-order valence-electron chi connectivity index (χ0n) is 7.70. The van der Waals surface area contributed by atoms with Gasteiger partial charge in [-0.25, -0.2) is 4.79 Å². The summed E-state index contributed by atoms with van der Waals surface area (Å²) in [5.74, 6) is -0.548. The maximum Gasteiger partial charge on any atom is 0.338 e.